The van der Waals surface area contributed by atoms with E-state index in [0.717, 1.165) is 40.7 Å². The molecule has 1 saturated heterocycles. The summed E-state index contributed by atoms with van der Waals surface area (Å²) in [6, 6.07) is 10.3. The first-order valence-corrected chi connectivity index (χ1v) is 10.1. The summed E-state index contributed by atoms with van der Waals surface area (Å²) in [5.41, 5.74) is 4.47. The molecule has 0 N–H and O–H groups in total. The molecule has 4 aromatic heterocycles. The third-order valence-corrected chi connectivity index (χ3v) is 5.70. The van der Waals surface area contributed by atoms with E-state index in [-0.39, 0.29) is 5.91 Å². The Labute approximate surface area is 174 Å². The lowest BCUT2D eigenvalue weighted by Gasteiger charge is -2.31. The largest absolute Gasteiger partial charge is 0.340 e. The Hall–Kier alpha value is -3.61. The number of imidazole rings is 1. The molecule has 7 nitrogen and oxygen atoms in total. The third-order valence-electron chi connectivity index (χ3n) is 5.70. The fraction of sp³-hybridized carbons (Fsp3) is 0.261. The minimum absolute atomic E-state index is 0.00540. The third kappa shape index (κ3) is 3.54. The Morgan fingerprint density at radius 2 is 1.83 bits per heavy atom. The number of nitrogens with zero attached hydrogens (tertiary/aromatic N) is 6. The van der Waals surface area contributed by atoms with Gasteiger partial charge in [0.15, 0.2) is 5.65 Å². The van der Waals surface area contributed by atoms with Crippen LogP contribution in [0.25, 0.3) is 22.2 Å². The first-order chi connectivity index (χ1) is 14.7. The molecular weight excluding hydrogens is 376 g/mol. The van der Waals surface area contributed by atoms with Crippen molar-refractivity contribution < 1.29 is 4.79 Å². The average molecular weight is 398 g/mol. The van der Waals surface area contributed by atoms with Crippen molar-refractivity contribution in [2.45, 2.75) is 18.8 Å². The second kappa shape index (κ2) is 7.67. The number of carbonyl (C=O) groups excluding carboxylic acids is 1. The number of pyridine rings is 3. The monoisotopic (exact) mass is 398 g/mol. The van der Waals surface area contributed by atoms with Crippen molar-refractivity contribution in [3.05, 3.63) is 72.8 Å². The maximum Gasteiger partial charge on any atom is 0.274 e. The molecule has 7 heteroatoms. The minimum atomic E-state index is 0.00540. The average Bonchev–Trinajstić information content (AvgIpc) is 3.25. The molecule has 1 aliphatic rings. The number of aromatic nitrogens is 5. The van der Waals surface area contributed by atoms with Crippen molar-refractivity contribution in [2.24, 2.45) is 7.05 Å². The van der Waals surface area contributed by atoms with Crippen LogP contribution in [0.3, 0.4) is 0 Å². The summed E-state index contributed by atoms with van der Waals surface area (Å²) in [5.74, 6) is 0.342. The van der Waals surface area contributed by atoms with E-state index < -0.39 is 0 Å². The molecule has 1 amide bonds. The van der Waals surface area contributed by atoms with Crippen LogP contribution >= 0.6 is 0 Å². The Balaban J connectivity index is 1.30. The summed E-state index contributed by atoms with van der Waals surface area (Å²) in [6.45, 7) is 1.43. The van der Waals surface area contributed by atoms with Gasteiger partial charge in [-0.25, -0.2) is 15.0 Å². The van der Waals surface area contributed by atoms with Gasteiger partial charge in [-0.3, -0.25) is 9.78 Å². The van der Waals surface area contributed by atoms with Crippen LogP contribution in [0.5, 0.6) is 0 Å². The lowest BCUT2D eigenvalue weighted by molar-refractivity contribution is 0.0706. The number of carbonyl (C=O) groups is 1. The number of amides is 1. The Morgan fingerprint density at radius 1 is 1.03 bits per heavy atom. The Kier molecular flexibility index (Phi) is 4.71. The molecule has 0 bridgehead atoms. The molecule has 0 radical (unpaired) electrons. The first-order valence-electron chi connectivity index (χ1n) is 10.1. The van der Waals surface area contributed by atoms with Crippen LogP contribution in [-0.4, -0.2) is 48.4 Å². The van der Waals surface area contributed by atoms with Crippen molar-refractivity contribution in [3.63, 3.8) is 0 Å². The van der Waals surface area contributed by atoms with Crippen LogP contribution in [0.2, 0.25) is 0 Å². The van der Waals surface area contributed by atoms with E-state index in [0.29, 0.717) is 24.7 Å². The predicted molar refractivity (Wildman–Crippen MR) is 114 cm³/mol. The predicted octanol–water partition coefficient (Wildman–Crippen LogP) is 3.45. The van der Waals surface area contributed by atoms with E-state index in [1.54, 1.807) is 29.5 Å². The zero-order valence-electron chi connectivity index (χ0n) is 16.8. The number of hydrogen-bond donors (Lipinski definition) is 0. The summed E-state index contributed by atoms with van der Waals surface area (Å²) < 4.78 is 1.80. The van der Waals surface area contributed by atoms with Gasteiger partial charge >= 0.3 is 0 Å². The molecule has 0 spiro atoms. The van der Waals surface area contributed by atoms with Gasteiger partial charge in [0.05, 0.1) is 6.33 Å². The highest BCUT2D eigenvalue weighted by Crippen LogP contribution is 2.29. The molecule has 0 aromatic carbocycles. The Morgan fingerprint density at radius 3 is 2.57 bits per heavy atom. The van der Waals surface area contributed by atoms with Gasteiger partial charge < -0.3 is 9.47 Å². The number of hydrogen-bond acceptors (Lipinski definition) is 5. The quantitative estimate of drug-likeness (QED) is 0.528. The number of rotatable bonds is 3. The molecule has 0 saturated carbocycles. The summed E-state index contributed by atoms with van der Waals surface area (Å²) in [4.78, 5) is 32.2. The second-order valence-corrected chi connectivity index (χ2v) is 7.73. The number of piperidine rings is 1. The molecule has 1 aliphatic heterocycles. The van der Waals surface area contributed by atoms with E-state index in [1.807, 2.05) is 30.3 Å². The van der Waals surface area contributed by atoms with Gasteiger partial charge in [-0.1, -0.05) is 0 Å². The lowest BCUT2D eigenvalue weighted by atomic mass is 9.92. The fourth-order valence-electron chi connectivity index (χ4n) is 4.02. The molecular formula is C23H22N6O. The maximum atomic E-state index is 12.6. The normalized spacial score (nSPS) is 14.9. The van der Waals surface area contributed by atoms with Crippen LogP contribution in [-0.2, 0) is 7.05 Å². The maximum absolute atomic E-state index is 12.6. The van der Waals surface area contributed by atoms with Crippen molar-refractivity contribution in [2.75, 3.05) is 13.1 Å². The van der Waals surface area contributed by atoms with Crippen molar-refractivity contribution in [1.29, 1.82) is 0 Å². The SMILES string of the molecule is Cn1cnc(C(=O)N2CCC(c3ccc4cc(-c5ccncc5)cnc4n3)CC2)c1. The summed E-state index contributed by atoms with van der Waals surface area (Å²) in [7, 11) is 1.87. The highest BCUT2D eigenvalue weighted by Gasteiger charge is 2.26. The van der Waals surface area contributed by atoms with Gasteiger partial charge in [-0.15, -0.1) is 0 Å². The van der Waals surface area contributed by atoms with Gasteiger partial charge in [-0.05, 0) is 48.7 Å². The molecule has 5 rings (SSSR count). The Bertz CT molecular complexity index is 1190. The van der Waals surface area contributed by atoms with Crippen molar-refractivity contribution in [3.8, 4) is 11.1 Å². The standard InChI is InChI=1S/C23H22N6O/c1-28-14-21(26-15-28)23(30)29-10-6-17(7-11-29)20-3-2-18-12-19(13-25-22(18)27-20)16-4-8-24-9-5-16/h2-5,8-9,12-15,17H,6-7,10-11H2,1H3. The molecule has 0 atom stereocenters. The summed E-state index contributed by atoms with van der Waals surface area (Å²) in [5, 5.41) is 1.02. The summed E-state index contributed by atoms with van der Waals surface area (Å²) in [6.07, 6.45) is 10.6. The fourth-order valence-corrected chi connectivity index (χ4v) is 4.02. The van der Waals surface area contributed by atoms with E-state index >= 15 is 0 Å². The molecule has 150 valence electrons. The van der Waals surface area contributed by atoms with Crippen LogP contribution < -0.4 is 0 Å². The first kappa shape index (κ1) is 18.4. The number of aryl methyl sites for hydroxylation is 1. The van der Waals surface area contributed by atoms with Gasteiger partial charge in [0.2, 0.25) is 0 Å². The zero-order chi connectivity index (χ0) is 20.5. The minimum Gasteiger partial charge on any atom is -0.340 e. The highest BCUT2D eigenvalue weighted by molar-refractivity contribution is 5.92. The van der Waals surface area contributed by atoms with Crippen LogP contribution in [0, 0.1) is 0 Å². The lowest BCUT2D eigenvalue weighted by Crippen LogP contribution is -2.38. The molecule has 0 unspecified atom stereocenters. The molecule has 4 aromatic rings. The summed E-state index contributed by atoms with van der Waals surface area (Å²) >= 11 is 0. The van der Waals surface area contributed by atoms with Crippen LogP contribution in [0.1, 0.15) is 34.9 Å². The zero-order valence-corrected chi connectivity index (χ0v) is 16.8. The highest BCUT2D eigenvalue weighted by atomic mass is 16.2. The van der Waals surface area contributed by atoms with Gasteiger partial charge in [0.25, 0.3) is 5.91 Å². The van der Waals surface area contributed by atoms with E-state index in [9.17, 15) is 4.79 Å². The molecule has 0 aliphatic carbocycles. The van der Waals surface area contributed by atoms with E-state index in [4.69, 9.17) is 4.98 Å². The second-order valence-electron chi connectivity index (χ2n) is 7.73. The number of fused-ring (bicyclic) bond motifs is 1. The smallest absolute Gasteiger partial charge is 0.274 e. The van der Waals surface area contributed by atoms with Crippen LogP contribution in [0.4, 0.5) is 0 Å². The topological polar surface area (TPSA) is 76.8 Å². The molecule has 1 fully saturated rings. The van der Waals surface area contributed by atoms with E-state index in [2.05, 4.69) is 33.2 Å². The van der Waals surface area contributed by atoms with Gasteiger partial charge in [-0.2, -0.15) is 0 Å². The van der Waals surface area contributed by atoms with E-state index in [1.165, 1.54) is 0 Å². The molecule has 5 heterocycles. The van der Waals surface area contributed by atoms with Crippen LogP contribution in [0.15, 0.2) is 61.4 Å². The molecule has 30 heavy (non-hydrogen) atoms. The van der Waals surface area contributed by atoms with Gasteiger partial charge in [0.1, 0.15) is 5.69 Å². The van der Waals surface area contributed by atoms with Gasteiger partial charge in [0, 0.05) is 67.5 Å². The number of likely N-dealkylation sites (tertiary alicyclic amines) is 1. The van der Waals surface area contributed by atoms with Crippen molar-refractivity contribution in [1.82, 2.24) is 29.4 Å². The van der Waals surface area contributed by atoms with Crippen molar-refractivity contribution >= 4 is 16.9 Å².